The van der Waals surface area contributed by atoms with Gasteiger partial charge in [0, 0.05) is 31.5 Å². The highest BCUT2D eigenvalue weighted by Gasteiger charge is 2.44. The van der Waals surface area contributed by atoms with Crippen LogP contribution >= 0.6 is 23.2 Å². The van der Waals surface area contributed by atoms with E-state index >= 15 is 0 Å². The number of carbonyl (C=O) groups excluding carboxylic acids is 1. The summed E-state index contributed by atoms with van der Waals surface area (Å²) in [5.74, 6) is 0.707. The number of allylic oxidation sites excluding steroid dienone is 1. The van der Waals surface area contributed by atoms with Crippen molar-refractivity contribution < 1.29 is 4.79 Å². The van der Waals surface area contributed by atoms with E-state index in [1.807, 2.05) is 20.0 Å². The van der Waals surface area contributed by atoms with E-state index < -0.39 is 0 Å². The second-order valence-corrected chi connectivity index (χ2v) is 7.67. The average Bonchev–Trinajstić information content (AvgIpc) is 3.19. The fourth-order valence-electron chi connectivity index (χ4n) is 4.43. The lowest BCUT2D eigenvalue weighted by Gasteiger charge is -2.18. The van der Waals surface area contributed by atoms with Gasteiger partial charge in [-0.1, -0.05) is 41.4 Å². The number of aryl methyl sites for hydroxylation is 2. The molecular formula is C19H18Cl2N2O. The number of nitrogens with zero attached hydrogens (tertiary/aromatic N) is 2. The normalized spacial score (nSPS) is 21.2. The quantitative estimate of drug-likeness (QED) is 0.735. The van der Waals surface area contributed by atoms with Crippen LogP contribution in [0.5, 0.6) is 0 Å². The monoisotopic (exact) mass is 360 g/mol. The van der Waals surface area contributed by atoms with Gasteiger partial charge < -0.3 is 0 Å². The number of hydrogen-bond acceptors (Lipinski definition) is 2. The molecule has 2 aliphatic rings. The summed E-state index contributed by atoms with van der Waals surface area (Å²) in [6, 6.07) is 6.25. The van der Waals surface area contributed by atoms with E-state index in [0.29, 0.717) is 22.4 Å². The first-order chi connectivity index (χ1) is 11.5. The van der Waals surface area contributed by atoms with Crippen LogP contribution in [0.3, 0.4) is 0 Å². The van der Waals surface area contributed by atoms with Gasteiger partial charge in [0.25, 0.3) is 0 Å². The molecule has 0 spiro atoms. The second kappa shape index (κ2) is 5.75. The molecular weight excluding hydrogens is 343 g/mol. The predicted molar refractivity (Wildman–Crippen MR) is 95.9 cm³/mol. The van der Waals surface area contributed by atoms with Crippen LogP contribution in [-0.2, 0) is 13.5 Å². The lowest BCUT2D eigenvalue weighted by Crippen LogP contribution is -2.09. The SMILES string of the molecule is Cc1nn(C)cc1C(=O)Cc1cccc2c1C1CCC2C1=C(Cl)Cl. The van der Waals surface area contributed by atoms with Gasteiger partial charge in [0.1, 0.15) is 4.49 Å². The van der Waals surface area contributed by atoms with E-state index in [0.717, 1.165) is 29.7 Å². The molecule has 2 aliphatic carbocycles. The third kappa shape index (κ3) is 2.34. The highest BCUT2D eigenvalue weighted by atomic mass is 35.5. The predicted octanol–water partition coefficient (Wildman–Crippen LogP) is 4.82. The molecule has 1 aromatic heterocycles. The van der Waals surface area contributed by atoms with Gasteiger partial charge in [-0.3, -0.25) is 9.48 Å². The summed E-state index contributed by atoms with van der Waals surface area (Å²) < 4.78 is 2.09. The Morgan fingerprint density at radius 3 is 2.71 bits per heavy atom. The van der Waals surface area contributed by atoms with Crippen molar-refractivity contribution in [1.82, 2.24) is 9.78 Å². The van der Waals surface area contributed by atoms with Gasteiger partial charge in [0.15, 0.2) is 5.78 Å². The van der Waals surface area contributed by atoms with E-state index in [2.05, 4.69) is 17.2 Å². The van der Waals surface area contributed by atoms with Gasteiger partial charge >= 0.3 is 0 Å². The minimum atomic E-state index is 0.110. The van der Waals surface area contributed by atoms with Crippen LogP contribution < -0.4 is 0 Å². The van der Waals surface area contributed by atoms with Gasteiger partial charge in [-0.25, -0.2) is 0 Å². The lowest BCUT2D eigenvalue weighted by atomic mass is 9.86. The Morgan fingerprint density at radius 1 is 1.29 bits per heavy atom. The summed E-state index contributed by atoms with van der Waals surface area (Å²) in [4.78, 5) is 12.8. The van der Waals surface area contributed by atoms with E-state index in [4.69, 9.17) is 23.2 Å². The summed E-state index contributed by atoms with van der Waals surface area (Å²) >= 11 is 12.3. The molecule has 124 valence electrons. The van der Waals surface area contributed by atoms with Crippen LogP contribution in [0.4, 0.5) is 0 Å². The standard InChI is InChI=1S/C19H18Cl2N2O/c1-10-15(9-23(2)22-10)16(24)8-11-4-3-5-12-13-6-7-14(17(11)12)18(13)19(20)21/h3-5,9,13-14H,6-8H2,1-2H3. The molecule has 5 heteroatoms. The highest BCUT2D eigenvalue weighted by molar-refractivity contribution is 6.56. The third-order valence-electron chi connectivity index (χ3n) is 5.33. The van der Waals surface area contributed by atoms with Crippen LogP contribution in [0.1, 0.15) is 57.4 Å². The number of ketones is 1. The first kappa shape index (κ1) is 15.9. The Kier molecular flexibility index (Phi) is 3.81. The molecule has 1 saturated carbocycles. The van der Waals surface area contributed by atoms with Crippen LogP contribution in [0, 0.1) is 6.92 Å². The number of Topliss-reactive ketones (excluding diaryl/α,β-unsaturated/α-hetero) is 1. The minimum Gasteiger partial charge on any atom is -0.294 e. The first-order valence-electron chi connectivity index (χ1n) is 8.17. The molecule has 2 aromatic rings. The zero-order valence-electron chi connectivity index (χ0n) is 13.6. The molecule has 1 fully saturated rings. The van der Waals surface area contributed by atoms with Gasteiger partial charge in [-0.2, -0.15) is 5.10 Å². The van der Waals surface area contributed by atoms with Gasteiger partial charge in [0.05, 0.1) is 11.3 Å². The molecule has 0 radical (unpaired) electrons. The van der Waals surface area contributed by atoms with Crippen molar-refractivity contribution in [3.8, 4) is 0 Å². The first-order valence-corrected chi connectivity index (χ1v) is 8.93. The molecule has 2 unspecified atom stereocenters. The minimum absolute atomic E-state index is 0.110. The van der Waals surface area contributed by atoms with Crippen molar-refractivity contribution in [2.75, 3.05) is 0 Å². The van der Waals surface area contributed by atoms with Crippen LogP contribution in [-0.4, -0.2) is 15.6 Å². The molecule has 1 aromatic carbocycles. The van der Waals surface area contributed by atoms with Crippen molar-refractivity contribution in [2.45, 2.75) is 38.0 Å². The number of hydrogen-bond donors (Lipinski definition) is 0. The zero-order chi connectivity index (χ0) is 17.0. The summed E-state index contributed by atoms with van der Waals surface area (Å²) in [5.41, 5.74) is 6.29. The third-order valence-corrected chi connectivity index (χ3v) is 5.77. The van der Waals surface area contributed by atoms with Crippen LogP contribution in [0.15, 0.2) is 34.5 Å². The number of rotatable bonds is 3. The Bertz CT molecular complexity index is 877. The topological polar surface area (TPSA) is 34.9 Å². The van der Waals surface area contributed by atoms with Crippen LogP contribution in [0.2, 0.25) is 0 Å². The molecule has 0 N–H and O–H groups in total. The number of carbonyl (C=O) groups is 1. The Morgan fingerprint density at radius 2 is 2.04 bits per heavy atom. The molecule has 4 rings (SSSR count). The van der Waals surface area contributed by atoms with Crippen molar-refractivity contribution in [3.63, 3.8) is 0 Å². The van der Waals surface area contributed by atoms with Crippen molar-refractivity contribution in [2.24, 2.45) is 7.05 Å². The second-order valence-electron chi connectivity index (χ2n) is 6.72. The summed E-state index contributed by atoms with van der Waals surface area (Å²) in [7, 11) is 1.84. The molecule has 2 atom stereocenters. The molecule has 0 saturated heterocycles. The molecule has 2 bridgehead atoms. The Balaban J connectivity index is 1.72. The highest BCUT2D eigenvalue weighted by Crippen LogP contribution is 2.59. The summed E-state index contributed by atoms with van der Waals surface area (Å²) in [6.45, 7) is 1.87. The summed E-state index contributed by atoms with van der Waals surface area (Å²) in [6.07, 6.45) is 4.35. The van der Waals surface area contributed by atoms with E-state index in [-0.39, 0.29) is 11.7 Å². The van der Waals surface area contributed by atoms with Gasteiger partial charge in [-0.05, 0) is 42.0 Å². The van der Waals surface area contributed by atoms with E-state index in [1.54, 1.807) is 10.9 Å². The molecule has 24 heavy (non-hydrogen) atoms. The largest absolute Gasteiger partial charge is 0.294 e. The Hall–Kier alpha value is -1.58. The van der Waals surface area contributed by atoms with Crippen LogP contribution in [0.25, 0.3) is 0 Å². The molecule has 3 nitrogen and oxygen atoms in total. The Labute approximate surface area is 151 Å². The average molecular weight is 361 g/mol. The van der Waals surface area contributed by atoms with E-state index in [1.165, 1.54) is 11.1 Å². The van der Waals surface area contributed by atoms with Gasteiger partial charge in [0.2, 0.25) is 0 Å². The van der Waals surface area contributed by atoms with Crippen molar-refractivity contribution in [3.05, 3.63) is 62.4 Å². The fraction of sp³-hybridized carbons (Fsp3) is 0.368. The van der Waals surface area contributed by atoms with Crippen molar-refractivity contribution in [1.29, 1.82) is 0 Å². The maximum atomic E-state index is 12.8. The number of benzene rings is 1. The smallest absolute Gasteiger partial charge is 0.170 e. The van der Waals surface area contributed by atoms with Crippen molar-refractivity contribution >= 4 is 29.0 Å². The fourth-order valence-corrected chi connectivity index (χ4v) is 4.96. The number of halogens is 2. The maximum Gasteiger partial charge on any atom is 0.170 e. The maximum absolute atomic E-state index is 12.8. The van der Waals surface area contributed by atoms with E-state index in [9.17, 15) is 4.79 Å². The molecule has 0 amide bonds. The van der Waals surface area contributed by atoms with Gasteiger partial charge in [-0.15, -0.1) is 0 Å². The summed E-state index contributed by atoms with van der Waals surface area (Å²) in [5, 5.41) is 4.27. The lowest BCUT2D eigenvalue weighted by molar-refractivity contribution is 0.0992. The number of aromatic nitrogens is 2. The number of fused-ring (bicyclic) bond motifs is 5. The molecule has 0 aliphatic heterocycles. The zero-order valence-corrected chi connectivity index (χ0v) is 15.2. The molecule has 1 heterocycles.